The predicted octanol–water partition coefficient (Wildman–Crippen LogP) is 1.19. The molecule has 1 aromatic carbocycles. The molecule has 3 rings (SSSR count). The number of nitrogens with zero attached hydrogens (tertiary/aromatic N) is 3. The van der Waals surface area contributed by atoms with E-state index in [4.69, 9.17) is 4.74 Å². The molecule has 0 saturated carbocycles. The molecule has 1 unspecified atom stereocenters. The first-order valence-electron chi connectivity index (χ1n) is 5.55. The van der Waals surface area contributed by atoms with Gasteiger partial charge in [0.25, 0.3) is 0 Å². The molecule has 0 N–H and O–H groups in total. The Kier molecular flexibility index (Phi) is 2.29. The van der Waals surface area contributed by atoms with Crippen LogP contribution in [-0.4, -0.2) is 44.1 Å². The first kappa shape index (κ1) is 9.66. The van der Waals surface area contributed by atoms with E-state index in [2.05, 4.69) is 20.9 Å². The Hall–Kier alpha value is -1.55. The summed E-state index contributed by atoms with van der Waals surface area (Å²) < 4.78 is 5.39. The van der Waals surface area contributed by atoms with E-state index >= 15 is 0 Å². The normalized spacial score (nSPS) is 23.8. The number of methoxy groups -OCH3 is 1. The second-order valence-electron chi connectivity index (χ2n) is 4.04. The first-order chi connectivity index (χ1) is 7.90. The van der Waals surface area contributed by atoms with Gasteiger partial charge in [0, 0.05) is 25.8 Å². The third-order valence-electron chi connectivity index (χ3n) is 3.18. The maximum atomic E-state index is 5.39. The van der Waals surface area contributed by atoms with Gasteiger partial charge < -0.3 is 9.64 Å². The average molecular weight is 217 g/mol. The molecule has 16 heavy (non-hydrogen) atoms. The van der Waals surface area contributed by atoms with Gasteiger partial charge in [-0.1, -0.05) is 12.1 Å². The Labute approximate surface area is 95.1 Å². The van der Waals surface area contributed by atoms with Crippen LogP contribution >= 0.6 is 0 Å². The van der Waals surface area contributed by atoms with Crippen molar-refractivity contribution in [1.82, 2.24) is 4.90 Å². The third-order valence-corrected chi connectivity index (χ3v) is 3.18. The first-order valence-corrected chi connectivity index (χ1v) is 5.55. The molecule has 2 heterocycles. The van der Waals surface area contributed by atoms with Crippen molar-refractivity contribution in [3.05, 3.63) is 24.3 Å². The lowest BCUT2D eigenvalue weighted by Crippen LogP contribution is -2.33. The summed E-state index contributed by atoms with van der Waals surface area (Å²) in [4.78, 5) is 9.15. The fraction of sp³-hybridized carbons (Fsp3) is 0.417. The maximum absolute atomic E-state index is 5.39. The highest BCUT2D eigenvalue weighted by Gasteiger charge is 2.34. The zero-order valence-electron chi connectivity index (χ0n) is 9.34. The molecule has 2 aliphatic rings. The third kappa shape index (κ3) is 1.38. The summed E-state index contributed by atoms with van der Waals surface area (Å²) in [6.45, 7) is 3.06. The summed E-state index contributed by atoms with van der Waals surface area (Å²) in [7, 11) is 1.71. The van der Waals surface area contributed by atoms with Crippen molar-refractivity contribution >= 4 is 11.9 Å². The predicted molar refractivity (Wildman–Crippen MR) is 64.2 cm³/mol. The SMILES string of the molecule is COc1ccccc1N1CCN2CC=NC21. The second kappa shape index (κ2) is 3.79. The molecule has 4 nitrogen and oxygen atoms in total. The van der Waals surface area contributed by atoms with Crippen LogP contribution < -0.4 is 9.64 Å². The zero-order valence-corrected chi connectivity index (χ0v) is 9.34. The van der Waals surface area contributed by atoms with Crippen molar-refractivity contribution in [1.29, 1.82) is 0 Å². The minimum atomic E-state index is 0.177. The molecule has 0 amide bonds. The molecule has 0 spiro atoms. The largest absolute Gasteiger partial charge is 0.495 e. The molecule has 0 aromatic heterocycles. The lowest BCUT2D eigenvalue weighted by molar-refractivity contribution is 0.322. The van der Waals surface area contributed by atoms with Crippen LogP contribution in [0.3, 0.4) is 0 Å². The highest BCUT2D eigenvalue weighted by Crippen LogP contribution is 2.33. The monoisotopic (exact) mass is 217 g/mol. The van der Waals surface area contributed by atoms with E-state index < -0.39 is 0 Å². The molecule has 4 heteroatoms. The van der Waals surface area contributed by atoms with Crippen LogP contribution in [-0.2, 0) is 0 Å². The number of fused-ring (bicyclic) bond motifs is 1. The maximum Gasteiger partial charge on any atom is 0.178 e. The number of rotatable bonds is 2. The van der Waals surface area contributed by atoms with Crippen molar-refractivity contribution < 1.29 is 4.74 Å². The van der Waals surface area contributed by atoms with E-state index in [9.17, 15) is 0 Å². The summed E-state index contributed by atoms with van der Waals surface area (Å²) in [5.74, 6) is 0.923. The van der Waals surface area contributed by atoms with E-state index in [1.807, 2.05) is 24.4 Å². The van der Waals surface area contributed by atoms with Crippen molar-refractivity contribution in [2.75, 3.05) is 31.6 Å². The second-order valence-corrected chi connectivity index (χ2v) is 4.04. The number of hydrogen-bond donors (Lipinski definition) is 0. The van der Waals surface area contributed by atoms with Crippen LogP contribution in [0, 0.1) is 0 Å². The minimum Gasteiger partial charge on any atom is -0.495 e. The quantitative estimate of drug-likeness (QED) is 0.744. The molecule has 1 aromatic rings. The number of ether oxygens (including phenoxy) is 1. The molecule has 0 aliphatic carbocycles. The molecule has 1 atom stereocenters. The Morgan fingerprint density at radius 3 is 3.06 bits per heavy atom. The number of benzene rings is 1. The Morgan fingerprint density at radius 2 is 2.19 bits per heavy atom. The topological polar surface area (TPSA) is 28.1 Å². The van der Waals surface area contributed by atoms with Gasteiger partial charge in [0.05, 0.1) is 12.8 Å². The van der Waals surface area contributed by atoms with Crippen LogP contribution in [0.5, 0.6) is 5.75 Å². The molecule has 84 valence electrons. The summed E-state index contributed by atoms with van der Waals surface area (Å²) >= 11 is 0. The van der Waals surface area contributed by atoms with Crippen molar-refractivity contribution in [2.24, 2.45) is 4.99 Å². The van der Waals surface area contributed by atoms with Gasteiger partial charge in [-0.15, -0.1) is 0 Å². The molecule has 0 bridgehead atoms. The zero-order chi connectivity index (χ0) is 11.0. The molecule has 2 aliphatic heterocycles. The highest BCUT2D eigenvalue weighted by molar-refractivity contribution is 5.66. The van der Waals surface area contributed by atoms with Gasteiger partial charge in [0.1, 0.15) is 5.75 Å². The van der Waals surface area contributed by atoms with E-state index in [1.54, 1.807) is 7.11 Å². The van der Waals surface area contributed by atoms with E-state index in [0.29, 0.717) is 0 Å². The molecular formula is C12H15N3O. The Morgan fingerprint density at radius 1 is 1.31 bits per heavy atom. The summed E-state index contributed by atoms with van der Waals surface area (Å²) in [5, 5.41) is 0. The molecule has 1 saturated heterocycles. The number of para-hydroxylation sites is 2. The van der Waals surface area contributed by atoms with E-state index in [0.717, 1.165) is 31.1 Å². The van der Waals surface area contributed by atoms with Gasteiger partial charge >= 0.3 is 0 Å². The smallest absolute Gasteiger partial charge is 0.178 e. The lowest BCUT2D eigenvalue weighted by atomic mass is 10.2. The van der Waals surface area contributed by atoms with Gasteiger partial charge in [-0.25, -0.2) is 0 Å². The molecule has 1 fully saturated rings. The van der Waals surface area contributed by atoms with Gasteiger partial charge in [-0.3, -0.25) is 9.89 Å². The number of aliphatic imine (C=N–C) groups is 1. The highest BCUT2D eigenvalue weighted by atomic mass is 16.5. The van der Waals surface area contributed by atoms with Gasteiger partial charge in [0.2, 0.25) is 0 Å². The van der Waals surface area contributed by atoms with Crippen LogP contribution in [0.4, 0.5) is 5.69 Å². The van der Waals surface area contributed by atoms with Crippen LogP contribution in [0.25, 0.3) is 0 Å². The van der Waals surface area contributed by atoms with Gasteiger partial charge in [0.15, 0.2) is 6.29 Å². The summed E-state index contributed by atoms with van der Waals surface area (Å²) in [5.41, 5.74) is 1.14. The Balaban J connectivity index is 1.94. The van der Waals surface area contributed by atoms with Gasteiger partial charge in [-0.2, -0.15) is 0 Å². The van der Waals surface area contributed by atoms with Crippen LogP contribution in [0.2, 0.25) is 0 Å². The fourth-order valence-electron chi connectivity index (χ4n) is 2.38. The van der Waals surface area contributed by atoms with E-state index in [1.165, 1.54) is 0 Å². The fourth-order valence-corrected chi connectivity index (χ4v) is 2.38. The minimum absolute atomic E-state index is 0.177. The van der Waals surface area contributed by atoms with Crippen molar-refractivity contribution in [3.8, 4) is 5.75 Å². The van der Waals surface area contributed by atoms with Crippen molar-refractivity contribution in [2.45, 2.75) is 6.29 Å². The van der Waals surface area contributed by atoms with Crippen LogP contribution in [0.1, 0.15) is 0 Å². The average Bonchev–Trinajstić information content (AvgIpc) is 2.91. The van der Waals surface area contributed by atoms with Crippen molar-refractivity contribution in [3.63, 3.8) is 0 Å². The molecular weight excluding hydrogens is 202 g/mol. The van der Waals surface area contributed by atoms with Gasteiger partial charge in [-0.05, 0) is 12.1 Å². The number of hydrogen-bond acceptors (Lipinski definition) is 4. The molecule has 0 radical (unpaired) electrons. The summed E-state index contributed by atoms with van der Waals surface area (Å²) in [6.07, 6.45) is 2.17. The standard InChI is InChI=1S/C12H15N3O/c1-16-11-5-3-2-4-10(11)15-9-8-14-7-6-13-12(14)15/h2-6,12H,7-9H2,1H3. The Bertz CT molecular complexity index is 418. The van der Waals surface area contributed by atoms with E-state index in [-0.39, 0.29) is 6.29 Å². The summed E-state index contributed by atoms with van der Waals surface area (Å²) in [6, 6.07) is 8.13. The lowest BCUT2D eigenvalue weighted by Gasteiger charge is -2.25. The number of anilines is 1. The van der Waals surface area contributed by atoms with Crippen LogP contribution in [0.15, 0.2) is 29.3 Å².